The van der Waals surface area contributed by atoms with Crippen LogP contribution >= 0.6 is 16.8 Å². The van der Waals surface area contributed by atoms with Gasteiger partial charge in [-0.25, -0.2) is 0 Å². The van der Waals surface area contributed by atoms with E-state index >= 15 is 0 Å². The zero-order chi connectivity index (χ0) is 18.6. The van der Waals surface area contributed by atoms with E-state index in [0.717, 1.165) is 17.2 Å². The minimum atomic E-state index is 0.0377. The van der Waals surface area contributed by atoms with Crippen molar-refractivity contribution in [1.29, 1.82) is 0 Å². The van der Waals surface area contributed by atoms with Crippen LogP contribution in [0.5, 0.6) is 0 Å². The summed E-state index contributed by atoms with van der Waals surface area (Å²) in [6.07, 6.45) is 8.07. The number of rotatable bonds is 4. The number of halogens is 2. The number of benzene rings is 1. The first kappa shape index (κ1) is 19.0. The van der Waals surface area contributed by atoms with E-state index in [1.807, 2.05) is 24.6 Å². The summed E-state index contributed by atoms with van der Waals surface area (Å²) in [5, 5.41) is 12.9. The van der Waals surface area contributed by atoms with Crippen LogP contribution in [0.25, 0.3) is 0 Å². The summed E-state index contributed by atoms with van der Waals surface area (Å²) in [6.45, 7) is 2.23. The molecule has 2 heterocycles. The molecular formula is C20H21I2N4O-. The fourth-order valence-electron chi connectivity index (χ4n) is 3.16. The van der Waals surface area contributed by atoms with Crippen molar-refractivity contribution in [2.75, 3.05) is 6.61 Å². The molecule has 27 heavy (non-hydrogen) atoms. The number of aliphatic imine (C=N–C) groups is 2. The van der Waals surface area contributed by atoms with Crippen molar-refractivity contribution in [3.8, 4) is 0 Å². The Morgan fingerprint density at radius 1 is 1.33 bits per heavy atom. The topological polar surface area (TPSA) is 60.2 Å². The van der Waals surface area contributed by atoms with Crippen molar-refractivity contribution in [2.45, 2.75) is 25.0 Å². The Bertz CT molecular complexity index is 873. The molecule has 142 valence electrons. The molecule has 0 radical (unpaired) electrons. The average molecular weight is 587 g/mol. The molecule has 3 atom stereocenters. The molecule has 0 bridgehead atoms. The summed E-state index contributed by atoms with van der Waals surface area (Å²) in [6, 6.07) is 10.9. The molecule has 3 unspecified atom stereocenters. The van der Waals surface area contributed by atoms with Gasteiger partial charge in [0.25, 0.3) is 0 Å². The molecule has 0 aromatic heterocycles. The Kier molecular flexibility index (Phi) is 6.18. The van der Waals surface area contributed by atoms with Crippen molar-refractivity contribution >= 4 is 32.9 Å². The fraction of sp³-hybridized carbons (Fsp3) is 0.250. The van der Waals surface area contributed by atoms with Gasteiger partial charge in [0.2, 0.25) is 0 Å². The molecule has 0 spiro atoms. The summed E-state index contributed by atoms with van der Waals surface area (Å²) < 4.78 is 4.65. The van der Waals surface area contributed by atoms with Gasteiger partial charge >= 0.3 is 177 Å². The monoisotopic (exact) mass is 587 g/mol. The Morgan fingerprint density at radius 2 is 2.19 bits per heavy atom. The van der Waals surface area contributed by atoms with Crippen LogP contribution in [0.1, 0.15) is 18.5 Å². The summed E-state index contributed by atoms with van der Waals surface area (Å²) in [5.41, 5.74) is 2.19. The van der Waals surface area contributed by atoms with E-state index in [1.165, 1.54) is 5.56 Å². The summed E-state index contributed by atoms with van der Waals surface area (Å²) >= 11 is 0.0907. The van der Waals surface area contributed by atoms with Gasteiger partial charge in [-0.3, -0.25) is 0 Å². The molecule has 7 heteroatoms. The quantitative estimate of drug-likeness (QED) is 0.485. The fourth-order valence-corrected chi connectivity index (χ4v) is 9.38. The van der Waals surface area contributed by atoms with Gasteiger partial charge < -0.3 is 0 Å². The van der Waals surface area contributed by atoms with E-state index in [1.54, 1.807) is 0 Å². The maximum atomic E-state index is 9.35. The van der Waals surface area contributed by atoms with Gasteiger partial charge in [-0.1, -0.05) is 0 Å². The Hall–Kier alpha value is -1.33. The van der Waals surface area contributed by atoms with E-state index in [2.05, 4.69) is 60.6 Å². The van der Waals surface area contributed by atoms with Crippen LogP contribution in [0, 0.1) is 0 Å². The second-order valence-corrected chi connectivity index (χ2v) is 14.9. The van der Waals surface area contributed by atoms with Crippen LogP contribution < -0.4 is 22.5 Å². The standard InChI is InChI=1S/C20H21I2N4O/c1-14(16-5-3-2-4-6-16)24-19-10-21-22-11-20(25-19)26-13-23-17-9-15(12-27)7-8-18(17)26/h2-11,13-14,17-18,24,27H,12H2,1H3/q-1. The summed E-state index contributed by atoms with van der Waals surface area (Å²) in [4.78, 5) is 11.7. The van der Waals surface area contributed by atoms with Crippen LogP contribution in [0.4, 0.5) is 0 Å². The van der Waals surface area contributed by atoms with E-state index < -0.39 is 0 Å². The van der Waals surface area contributed by atoms with Gasteiger partial charge in [-0.15, -0.1) is 0 Å². The number of aliphatic hydroxyl groups is 1. The molecule has 1 aromatic carbocycles. The third-order valence-corrected chi connectivity index (χ3v) is 11.5. The van der Waals surface area contributed by atoms with Gasteiger partial charge in [0, 0.05) is 0 Å². The van der Waals surface area contributed by atoms with Crippen molar-refractivity contribution in [2.24, 2.45) is 9.98 Å². The molecule has 2 N–H and O–H groups in total. The number of hydrogen-bond acceptors (Lipinski definition) is 5. The van der Waals surface area contributed by atoms with Crippen LogP contribution in [0.2, 0.25) is 0 Å². The number of amidine groups is 1. The predicted octanol–water partition coefficient (Wildman–Crippen LogP) is -0.105. The van der Waals surface area contributed by atoms with Gasteiger partial charge in [0.1, 0.15) is 0 Å². The van der Waals surface area contributed by atoms with Crippen molar-refractivity contribution in [1.82, 2.24) is 10.2 Å². The number of nitrogens with zero attached hydrogens (tertiary/aromatic N) is 3. The third kappa shape index (κ3) is 4.40. The van der Waals surface area contributed by atoms with Crippen LogP contribution in [-0.4, -0.2) is 44.9 Å². The molecule has 0 saturated carbocycles. The predicted molar refractivity (Wildman–Crippen MR) is 116 cm³/mol. The first-order valence-electron chi connectivity index (χ1n) is 8.76. The molecule has 1 aliphatic carbocycles. The first-order valence-corrected chi connectivity index (χ1v) is 17.5. The number of hydrogen-bond donors (Lipinski definition) is 2. The third-order valence-electron chi connectivity index (χ3n) is 4.60. The van der Waals surface area contributed by atoms with Crippen molar-refractivity contribution in [3.63, 3.8) is 0 Å². The molecule has 0 amide bonds. The molecular weight excluding hydrogens is 566 g/mol. The Labute approximate surface area is 175 Å². The van der Waals surface area contributed by atoms with Crippen LogP contribution in [0.3, 0.4) is 0 Å². The van der Waals surface area contributed by atoms with Gasteiger partial charge in [-0.2, -0.15) is 0 Å². The Morgan fingerprint density at radius 3 is 3.00 bits per heavy atom. The molecule has 1 aromatic rings. The molecule has 2 aliphatic heterocycles. The Balaban J connectivity index is 1.52. The zero-order valence-electron chi connectivity index (χ0n) is 14.8. The average Bonchev–Trinajstić information content (AvgIpc) is 3.00. The summed E-state index contributed by atoms with van der Waals surface area (Å²) in [7, 11) is 0. The van der Waals surface area contributed by atoms with E-state index in [9.17, 15) is 5.11 Å². The van der Waals surface area contributed by atoms with Gasteiger partial charge in [0.15, 0.2) is 0 Å². The molecule has 0 saturated heterocycles. The number of aliphatic hydroxyl groups excluding tert-OH is 1. The normalized spacial score (nSPS) is 25.3. The second-order valence-electron chi connectivity index (χ2n) is 6.43. The SMILES string of the molecule is CC(NC1=C[I-]I=CC(N2C=NC3C=C(CO)C=CC32)=N1)c1ccccc1. The molecule has 4 rings (SSSR count). The number of fused-ring (bicyclic) bond motifs is 1. The van der Waals surface area contributed by atoms with Crippen molar-refractivity contribution < 1.29 is 22.3 Å². The summed E-state index contributed by atoms with van der Waals surface area (Å²) in [5.74, 6) is 1.98. The molecule has 5 nitrogen and oxygen atoms in total. The minimum absolute atomic E-state index is 0.0377. The van der Waals surface area contributed by atoms with Crippen molar-refractivity contribution in [3.05, 3.63) is 69.6 Å². The van der Waals surface area contributed by atoms with E-state index in [4.69, 9.17) is 4.99 Å². The van der Waals surface area contributed by atoms with Crippen LogP contribution in [0.15, 0.2) is 74.0 Å². The van der Waals surface area contributed by atoms with Crippen LogP contribution in [-0.2, 0) is 0 Å². The zero-order valence-corrected chi connectivity index (χ0v) is 19.1. The second kappa shape index (κ2) is 8.78. The van der Waals surface area contributed by atoms with E-state index in [-0.39, 0.29) is 58.7 Å². The number of nitrogens with one attached hydrogen (secondary N) is 1. The van der Waals surface area contributed by atoms with Gasteiger partial charge in [-0.05, 0) is 0 Å². The maximum absolute atomic E-state index is 9.35. The van der Waals surface area contributed by atoms with Gasteiger partial charge in [0.05, 0.1) is 0 Å². The molecule has 0 fully saturated rings. The van der Waals surface area contributed by atoms with E-state index in [0.29, 0.717) is 0 Å². The molecule has 3 aliphatic rings. The first-order chi connectivity index (χ1) is 13.2.